The summed E-state index contributed by atoms with van der Waals surface area (Å²) in [5.41, 5.74) is 2.18. The second-order valence-electron chi connectivity index (χ2n) is 12.0. The summed E-state index contributed by atoms with van der Waals surface area (Å²) in [5.74, 6) is 0.302. The van der Waals surface area contributed by atoms with Gasteiger partial charge in [0.15, 0.2) is 17.2 Å². The van der Waals surface area contributed by atoms with Crippen molar-refractivity contribution < 1.29 is 18.5 Å². The number of rotatable bonds is 7. The second-order valence-corrected chi connectivity index (χ2v) is 12.0. The van der Waals surface area contributed by atoms with Crippen LogP contribution in [-0.4, -0.2) is 63.4 Å². The molecule has 2 atom stereocenters. The molecule has 12 heteroatoms. The molecule has 1 aromatic carbocycles. The van der Waals surface area contributed by atoms with E-state index in [1.807, 2.05) is 32.9 Å². The monoisotopic (exact) mass is 576 g/mol. The highest BCUT2D eigenvalue weighted by molar-refractivity contribution is 6.00. The van der Waals surface area contributed by atoms with Crippen LogP contribution in [0, 0.1) is 5.82 Å². The van der Waals surface area contributed by atoms with Gasteiger partial charge in [-0.25, -0.2) is 14.2 Å². The van der Waals surface area contributed by atoms with E-state index in [4.69, 9.17) is 4.52 Å². The SMILES string of the molecule is CN(C)C(=O)N[C@H]1CCCC[C@@H]1Nc1n[nH]c2nccc(-c3ccc(CNC(=O)c4cc(C(C)(C)C)on4)c(F)c3)c12. The normalized spacial score (nSPS) is 17.2. The molecule has 0 spiro atoms. The molecule has 0 bridgehead atoms. The van der Waals surface area contributed by atoms with E-state index in [0.29, 0.717) is 28.4 Å². The molecule has 1 fully saturated rings. The number of hydrogen-bond donors (Lipinski definition) is 4. The van der Waals surface area contributed by atoms with Gasteiger partial charge >= 0.3 is 6.03 Å². The fourth-order valence-corrected chi connectivity index (χ4v) is 5.10. The number of anilines is 1. The molecule has 4 N–H and O–H groups in total. The predicted molar refractivity (Wildman–Crippen MR) is 158 cm³/mol. The van der Waals surface area contributed by atoms with Crippen molar-refractivity contribution in [2.45, 2.75) is 70.5 Å². The van der Waals surface area contributed by atoms with Crippen LogP contribution in [0.1, 0.15) is 68.3 Å². The molecule has 4 aromatic rings. The number of pyridine rings is 1. The van der Waals surface area contributed by atoms with Crippen molar-refractivity contribution in [1.82, 2.24) is 35.9 Å². The highest BCUT2D eigenvalue weighted by Crippen LogP contribution is 2.34. The Hall–Kier alpha value is -4.48. The number of nitrogens with zero attached hydrogens (tertiary/aromatic N) is 4. The molecule has 1 saturated carbocycles. The molecule has 1 aliphatic rings. The van der Waals surface area contributed by atoms with Gasteiger partial charge in [-0.1, -0.05) is 50.9 Å². The van der Waals surface area contributed by atoms with Crippen molar-refractivity contribution in [3.63, 3.8) is 0 Å². The van der Waals surface area contributed by atoms with E-state index in [1.54, 1.807) is 32.4 Å². The van der Waals surface area contributed by atoms with Gasteiger partial charge in [0.1, 0.15) is 11.6 Å². The average Bonchev–Trinajstić information content (AvgIpc) is 3.61. The van der Waals surface area contributed by atoms with Crippen LogP contribution in [0.3, 0.4) is 0 Å². The molecule has 3 aromatic heterocycles. The number of carbonyl (C=O) groups is 2. The first-order valence-corrected chi connectivity index (χ1v) is 14.1. The number of aromatic nitrogens is 4. The smallest absolute Gasteiger partial charge is 0.317 e. The summed E-state index contributed by atoms with van der Waals surface area (Å²) in [6.45, 7) is 5.88. The fourth-order valence-electron chi connectivity index (χ4n) is 5.10. The minimum Gasteiger partial charge on any atom is -0.363 e. The van der Waals surface area contributed by atoms with Gasteiger partial charge in [0.2, 0.25) is 0 Å². The topological polar surface area (TPSA) is 141 Å². The standard InChI is InChI=1S/C30H37FN8O3/c1-30(2,3)24-15-23(38-42-24)28(40)33-16-18-11-10-17(14-20(18)31)19-12-13-32-26-25(19)27(37-36-26)34-21-8-6-7-9-22(21)35-29(41)39(4)5/h10-15,21-22H,6-9,16H2,1-5H3,(H,33,40)(H,35,41)(H2,32,34,36,37)/t21-,22-/m0/s1. The van der Waals surface area contributed by atoms with Gasteiger partial charge in [0.25, 0.3) is 5.91 Å². The zero-order chi connectivity index (χ0) is 30.0. The molecule has 3 amide bonds. The minimum absolute atomic E-state index is 0.00529. The Morgan fingerprint density at radius 2 is 1.88 bits per heavy atom. The van der Waals surface area contributed by atoms with Crippen molar-refractivity contribution in [1.29, 1.82) is 0 Å². The molecule has 42 heavy (non-hydrogen) atoms. The number of nitrogens with one attached hydrogen (secondary N) is 4. The summed E-state index contributed by atoms with van der Waals surface area (Å²) in [4.78, 5) is 30.9. The van der Waals surface area contributed by atoms with E-state index in [9.17, 15) is 9.59 Å². The third kappa shape index (κ3) is 6.22. The van der Waals surface area contributed by atoms with Gasteiger partial charge in [0, 0.05) is 49.9 Å². The van der Waals surface area contributed by atoms with Crippen molar-refractivity contribution in [3.05, 3.63) is 59.4 Å². The highest BCUT2D eigenvalue weighted by atomic mass is 19.1. The number of urea groups is 1. The van der Waals surface area contributed by atoms with Crippen LogP contribution in [0.5, 0.6) is 0 Å². The second kappa shape index (κ2) is 11.8. The molecule has 0 unspecified atom stereocenters. The number of fused-ring (bicyclic) bond motifs is 1. The number of aromatic amines is 1. The molecule has 3 heterocycles. The lowest BCUT2D eigenvalue weighted by Gasteiger charge is -2.33. The first kappa shape index (κ1) is 29.0. The third-order valence-electron chi connectivity index (χ3n) is 7.55. The molecule has 0 aliphatic heterocycles. The van der Waals surface area contributed by atoms with E-state index < -0.39 is 11.7 Å². The van der Waals surface area contributed by atoms with E-state index >= 15 is 4.39 Å². The molecule has 0 radical (unpaired) electrons. The van der Waals surface area contributed by atoms with E-state index in [-0.39, 0.29) is 35.8 Å². The zero-order valence-electron chi connectivity index (χ0n) is 24.5. The van der Waals surface area contributed by atoms with Gasteiger partial charge in [-0.2, -0.15) is 5.10 Å². The number of halogens is 1. The van der Waals surface area contributed by atoms with Gasteiger partial charge in [0.05, 0.1) is 11.4 Å². The largest absolute Gasteiger partial charge is 0.363 e. The number of benzene rings is 1. The highest BCUT2D eigenvalue weighted by Gasteiger charge is 2.29. The average molecular weight is 577 g/mol. The van der Waals surface area contributed by atoms with Gasteiger partial charge in [-0.05, 0) is 36.1 Å². The summed E-state index contributed by atoms with van der Waals surface area (Å²) in [6, 6.07) is 8.13. The molecular weight excluding hydrogens is 539 g/mol. The van der Waals surface area contributed by atoms with Crippen LogP contribution < -0.4 is 16.0 Å². The maximum absolute atomic E-state index is 15.3. The Bertz CT molecular complexity index is 1590. The number of H-pyrrole nitrogens is 1. The van der Waals surface area contributed by atoms with Crippen molar-refractivity contribution >= 4 is 28.8 Å². The van der Waals surface area contributed by atoms with E-state index in [0.717, 1.165) is 36.6 Å². The minimum atomic E-state index is -0.454. The number of hydrogen-bond acceptors (Lipinski definition) is 7. The molecule has 5 rings (SSSR count). The van der Waals surface area contributed by atoms with Crippen LogP contribution in [0.2, 0.25) is 0 Å². The predicted octanol–water partition coefficient (Wildman–Crippen LogP) is 4.97. The lowest BCUT2D eigenvalue weighted by molar-refractivity contribution is 0.0941. The molecule has 222 valence electrons. The quantitative estimate of drug-likeness (QED) is 0.243. The van der Waals surface area contributed by atoms with Crippen molar-refractivity contribution in [2.24, 2.45) is 0 Å². The maximum atomic E-state index is 15.3. The van der Waals surface area contributed by atoms with E-state index in [2.05, 4.69) is 36.3 Å². The van der Waals surface area contributed by atoms with Crippen molar-refractivity contribution in [2.75, 3.05) is 19.4 Å². The summed E-state index contributed by atoms with van der Waals surface area (Å²) in [5, 5.41) is 21.4. The van der Waals surface area contributed by atoms with Gasteiger partial charge < -0.3 is 25.4 Å². The Labute approximate surface area is 243 Å². The summed E-state index contributed by atoms with van der Waals surface area (Å²) in [6.07, 6.45) is 5.46. The van der Waals surface area contributed by atoms with Crippen molar-refractivity contribution in [3.8, 4) is 11.1 Å². The maximum Gasteiger partial charge on any atom is 0.317 e. The molecule has 0 saturated heterocycles. The number of amides is 3. The van der Waals surface area contributed by atoms with Gasteiger partial charge in [-0.15, -0.1) is 0 Å². The van der Waals surface area contributed by atoms with Crippen LogP contribution >= 0.6 is 0 Å². The lowest BCUT2D eigenvalue weighted by Crippen LogP contribution is -2.51. The van der Waals surface area contributed by atoms with Crippen LogP contribution in [0.15, 0.2) is 41.1 Å². The third-order valence-corrected chi connectivity index (χ3v) is 7.55. The summed E-state index contributed by atoms with van der Waals surface area (Å²) < 4.78 is 20.6. The molecule has 11 nitrogen and oxygen atoms in total. The Morgan fingerprint density at radius 3 is 2.57 bits per heavy atom. The van der Waals surface area contributed by atoms with Crippen LogP contribution in [-0.2, 0) is 12.0 Å². The Morgan fingerprint density at radius 1 is 1.12 bits per heavy atom. The first-order valence-electron chi connectivity index (χ1n) is 14.1. The number of carbonyl (C=O) groups excluding carboxylic acids is 2. The first-order chi connectivity index (χ1) is 20.0. The Balaban J connectivity index is 1.34. The lowest BCUT2D eigenvalue weighted by atomic mass is 9.90. The van der Waals surface area contributed by atoms with E-state index in [1.165, 1.54) is 11.0 Å². The molecular formula is C30H37FN8O3. The zero-order valence-corrected chi connectivity index (χ0v) is 24.5. The molecule has 1 aliphatic carbocycles. The summed E-state index contributed by atoms with van der Waals surface area (Å²) in [7, 11) is 3.44. The fraction of sp³-hybridized carbons (Fsp3) is 0.433. The van der Waals surface area contributed by atoms with Crippen LogP contribution in [0.4, 0.5) is 15.0 Å². The van der Waals surface area contributed by atoms with Crippen LogP contribution in [0.25, 0.3) is 22.2 Å². The van der Waals surface area contributed by atoms with Gasteiger partial charge in [-0.3, -0.25) is 9.89 Å². The Kier molecular flexibility index (Phi) is 8.15. The summed E-state index contributed by atoms with van der Waals surface area (Å²) >= 11 is 0.